The summed E-state index contributed by atoms with van der Waals surface area (Å²) in [5.74, 6) is 0.325. The van der Waals surface area contributed by atoms with E-state index in [4.69, 9.17) is 11.6 Å². The van der Waals surface area contributed by atoms with Crippen molar-refractivity contribution in [1.29, 1.82) is 0 Å². The first kappa shape index (κ1) is 20.9. The van der Waals surface area contributed by atoms with Crippen LogP contribution in [0.5, 0.6) is 0 Å². The van der Waals surface area contributed by atoms with Gasteiger partial charge in [-0.15, -0.1) is 9.19 Å². The molecule has 0 fully saturated rings. The number of rotatable bonds is 8. The molecule has 0 radical (unpaired) electrons. The molecule has 0 aliphatic rings. The molecule has 0 atom stereocenters. The van der Waals surface area contributed by atoms with Crippen LogP contribution in [0, 0.1) is 0 Å². The molecule has 4 aromatic rings. The zero-order valence-corrected chi connectivity index (χ0v) is 18.0. The molecule has 2 N–H and O–H groups in total. The van der Waals surface area contributed by atoms with Crippen LogP contribution >= 0.6 is 11.6 Å². The molecule has 1 aromatic heterocycles. The molecular weight excluding hydrogens is 434 g/mol. The molecule has 7 nitrogen and oxygen atoms in total. The monoisotopic (exact) mass is 453 g/mol. The van der Waals surface area contributed by atoms with Gasteiger partial charge in [-0.25, -0.2) is 0 Å². The summed E-state index contributed by atoms with van der Waals surface area (Å²) in [6, 6.07) is 25.3. The van der Waals surface area contributed by atoms with Crippen LogP contribution in [0.15, 0.2) is 89.8 Å². The van der Waals surface area contributed by atoms with E-state index in [1.165, 1.54) is 24.3 Å². The van der Waals surface area contributed by atoms with Crippen molar-refractivity contribution in [2.24, 2.45) is 0 Å². The summed E-state index contributed by atoms with van der Waals surface area (Å²) < 4.78 is 27.3. The first-order valence-corrected chi connectivity index (χ1v) is 11.4. The van der Waals surface area contributed by atoms with E-state index in [1.807, 2.05) is 60.7 Å². The number of hydrogen-bond donors (Lipinski definition) is 2. The van der Waals surface area contributed by atoms with Crippen molar-refractivity contribution in [3.05, 3.63) is 101 Å². The van der Waals surface area contributed by atoms with Gasteiger partial charge in [0.1, 0.15) is 0 Å². The Morgan fingerprint density at radius 3 is 1.90 bits per heavy atom. The quantitative estimate of drug-likeness (QED) is 0.411. The second kappa shape index (κ2) is 9.20. The number of hydrogen-bond acceptors (Lipinski definition) is 6. The van der Waals surface area contributed by atoms with E-state index in [1.54, 1.807) is 0 Å². The van der Waals surface area contributed by atoms with Gasteiger partial charge in [-0.1, -0.05) is 72.3 Å². The van der Waals surface area contributed by atoms with Gasteiger partial charge in [0.05, 0.1) is 4.90 Å². The van der Waals surface area contributed by atoms with Crippen molar-refractivity contribution in [1.82, 2.24) is 14.2 Å². The lowest BCUT2D eigenvalue weighted by molar-refractivity contribution is 0.580. The van der Waals surface area contributed by atoms with Gasteiger partial charge in [0.2, 0.25) is 11.9 Å². The van der Waals surface area contributed by atoms with Crippen LogP contribution in [0.25, 0.3) is 0 Å². The molecule has 0 amide bonds. The van der Waals surface area contributed by atoms with Crippen LogP contribution in [-0.2, 0) is 23.1 Å². The molecule has 0 unspecified atom stereocenters. The highest BCUT2D eigenvalue weighted by atomic mass is 35.5. The molecule has 0 aliphatic heterocycles. The molecule has 1 heterocycles. The van der Waals surface area contributed by atoms with Gasteiger partial charge in [0.15, 0.2) is 0 Å². The fourth-order valence-corrected chi connectivity index (χ4v) is 4.23. The number of anilines is 2. The molecule has 0 saturated carbocycles. The lowest BCUT2D eigenvalue weighted by Crippen LogP contribution is -2.18. The molecule has 0 spiro atoms. The van der Waals surface area contributed by atoms with Crippen molar-refractivity contribution in [3.8, 4) is 0 Å². The highest BCUT2D eigenvalue weighted by Gasteiger charge is 2.24. The summed E-state index contributed by atoms with van der Waals surface area (Å²) in [6.07, 6.45) is 0. The zero-order chi connectivity index (χ0) is 21.7. The van der Waals surface area contributed by atoms with Gasteiger partial charge >= 0.3 is 0 Å². The molecule has 0 aliphatic carbocycles. The third-order valence-corrected chi connectivity index (χ3v) is 6.33. The van der Waals surface area contributed by atoms with Gasteiger partial charge in [0, 0.05) is 18.1 Å². The fraction of sp³-hybridized carbons (Fsp3) is 0.0909. The Labute approximate surface area is 185 Å². The largest absolute Gasteiger partial charge is 0.349 e. The van der Waals surface area contributed by atoms with Gasteiger partial charge in [-0.2, -0.15) is 13.4 Å². The average molecular weight is 454 g/mol. The maximum atomic E-state index is 13.2. The Hall–Kier alpha value is -3.36. The zero-order valence-electron chi connectivity index (χ0n) is 16.4. The smallest absolute Gasteiger partial charge is 0.286 e. The van der Waals surface area contributed by atoms with Crippen molar-refractivity contribution in [2.75, 3.05) is 10.6 Å². The van der Waals surface area contributed by atoms with Crippen molar-refractivity contribution < 1.29 is 8.42 Å². The maximum absolute atomic E-state index is 13.2. The number of benzene rings is 3. The number of halogens is 1. The maximum Gasteiger partial charge on any atom is 0.286 e. The minimum Gasteiger partial charge on any atom is -0.349 e. The van der Waals surface area contributed by atoms with Crippen LogP contribution in [0.1, 0.15) is 11.1 Å². The van der Waals surface area contributed by atoms with E-state index in [2.05, 4.69) is 20.7 Å². The normalized spacial score (nSPS) is 11.3. The lowest BCUT2D eigenvalue weighted by atomic mass is 10.2. The lowest BCUT2D eigenvalue weighted by Gasteiger charge is -2.09. The summed E-state index contributed by atoms with van der Waals surface area (Å²) in [6.45, 7) is 0.859. The molecule has 3 aromatic carbocycles. The minimum absolute atomic E-state index is 0.0687. The standard InChI is InChI=1S/C22H20ClN5O2S/c23-19-11-13-20(14-12-19)31(29,30)28-22(25-16-18-9-5-2-6-10-18)26-21(27-28)24-15-17-7-3-1-4-8-17/h1-14H,15-16H2,(H2,24,25,26,27). The second-order valence-electron chi connectivity index (χ2n) is 6.74. The van der Waals surface area contributed by atoms with Gasteiger partial charge in [0.25, 0.3) is 10.0 Å². The van der Waals surface area contributed by atoms with Gasteiger partial charge in [-0.3, -0.25) is 0 Å². The fourth-order valence-electron chi connectivity index (χ4n) is 2.91. The molecule has 0 saturated heterocycles. The highest BCUT2D eigenvalue weighted by molar-refractivity contribution is 7.90. The first-order valence-electron chi connectivity index (χ1n) is 9.56. The Kier molecular flexibility index (Phi) is 6.20. The molecule has 4 rings (SSSR count). The van der Waals surface area contributed by atoms with Crippen LogP contribution in [-0.4, -0.2) is 22.6 Å². The molecule has 0 bridgehead atoms. The summed E-state index contributed by atoms with van der Waals surface area (Å²) >= 11 is 5.91. The Bertz CT molecular complexity index is 1240. The number of nitrogens with one attached hydrogen (secondary N) is 2. The van der Waals surface area contributed by atoms with Crippen LogP contribution in [0.3, 0.4) is 0 Å². The molecule has 9 heteroatoms. The second-order valence-corrected chi connectivity index (χ2v) is 8.94. The first-order chi connectivity index (χ1) is 15.0. The molecule has 158 valence electrons. The van der Waals surface area contributed by atoms with E-state index in [0.29, 0.717) is 18.1 Å². The van der Waals surface area contributed by atoms with Crippen LogP contribution < -0.4 is 10.6 Å². The Morgan fingerprint density at radius 1 is 0.774 bits per heavy atom. The van der Waals surface area contributed by atoms with Gasteiger partial charge in [-0.05, 0) is 35.4 Å². The van der Waals surface area contributed by atoms with E-state index in [0.717, 1.165) is 15.2 Å². The third kappa shape index (κ3) is 5.04. The average Bonchev–Trinajstić information content (AvgIpc) is 3.22. The van der Waals surface area contributed by atoms with E-state index in [9.17, 15) is 8.42 Å². The van der Waals surface area contributed by atoms with Crippen molar-refractivity contribution in [3.63, 3.8) is 0 Å². The van der Waals surface area contributed by atoms with Crippen LogP contribution in [0.4, 0.5) is 11.9 Å². The number of aromatic nitrogens is 3. The summed E-state index contributed by atoms with van der Waals surface area (Å²) in [5.41, 5.74) is 2.01. The third-order valence-electron chi connectivity index (χ3n) is 4.50. The van der Waals surface area contributed by atoms with Crippen molar-refractivity contribution in [2.45, 2.75) is 18.0 Å². The predicted octanol–water partition coefficient (Wildman–Crippen LogP) is 4.39. The van der Waals surface area contributed by atoms with Crippen LogP contribution in [0.2, 0.25) is 5.02 Å². The Balaban J connectivity index is 1.63. The topological polar surface area (TPSA) is 88.9 Å². The van der Waals surface area contributed by atoms with E-state index in [-0.39, 0.29) is 16.8 Å². The molecular formula is C22H20ClN5O2S. The summed E-state index contributed by atoms with van der Waals surface area (Å²) in [4.78, 5) is 4.44. The van der Waals surface area contributed by atoms with E-state index >= 15 is 0 Å². The highest BCUT2D eigenvalue weighted by Crippen LogP contribution is 2.21. The predicted molar refractivity (Wildman–Crippen MR) is 122 cm³/mol. The minimum atomic E-state index is -3.97. The number of nitrogens with zero attached hydrogens (tertiary/aromatic N) is 3. The van der Waals surface area contributed by atoms with Gasteiger partial charge < -0.3 is 10.6 Å². The molecule has 31 heavy (non-hydrogen) atoms. The summed E-state index contributed by atoms with van der Waals surface area (Å²) in [7, 11) is -3.97. The van der Waals surface area contributed by atoms with E-state index < -0.39 is 10.0 Å². The Morgan fingerprint density at radius 2 is 1.32 bits per heavy atom. The van der Waals surface area contributed by atoms with Crippen molar-refractivity contribution >= 4 is 33.5 Å². The SMILES string of the molecule is O=S(=O)(c1ccc(Cl)cc1)n1nc(NCc2ccccc2)nc1NCc1ccccc1. The summed E-state index contributed by atoms with van der Waals surface area (Å²) in [5, 5.41) is 10.8.